The predicted molar refractivity (Wildman–Crippen MR) is 96.1 cm³/mol. The molecule has 0 atom stereocenters. The van der Waals surface area contributed by atoms with E-state index in [1.807, 2.05) is 24.3 Å². The smallest absolute Gasteiger partial charge is 0.109 e. The van der Waals surface area contributed by atoms with Gasteiger partial charge >= 0.3 is 0 Å². The Labute approximate surface area is 141 Å². The van der Waals surface area contributed by atoms with Crippen LogP contribution in [0.1, 0.15) is 24.2 Å². The first-order valence-corrected chi connectivity index (χ1v) is 8.24. The number of hydrogen-bond donors (Lipinski definition) is 1. The summed E-state index contributed by atoms with van der Waals surface area (Å²) in [6.07, 6.45) is 11.0. The zero-order valence-electron chi connectivity index (χ0n) is 13.4. The molecule has 1 aliphatic heterocycles. The minimum Gasteiger partial charge on any atom is -0.334 e. The van der Waals surface area contributed by atoms with E-state index in [9.17, 15) is 0 Å². The highest BCUT2D eigenvalue weighted by Crippen LogP contribution is 2.23. The molecule has 1 aliphatic rings. The van der Waals surface area contributed by atoms with E-state index >= 15 is 0 Å². The summed E-state index contributed by atoms with van der Waals surface area (Å²) in [5, 5.41) is 4.24. The van der Waals surface area contributed by atoms with Crippen molar-refractivity contribution in [2.24, 2.45) is 5.10 Å². The van der Waals surface area contributed by atoms with Crippen LogP contribution in [0.3, 0.4) is 0 Å². The zero-order valence-corrected chi connectivity index (χ0v) is 13.4. The molecular weight excluding hydrogens is 298 g/mol. The number of hydrogen-bond acceptors (Lipinski definition) is 4. The highest BCUT2D eigenvalue weighted by molar-refractivity contribution is 5.79. The number of rotatable bonds is 4. The lowest BCUT2D eigenvalue weighted by atomic mass is 10.1. The molecule has 5 heteroatoms. The van der Waals surface area contributed by atoms with Gasteiger partial charge in [0.15, 0.2) is 0 Å². The minimum absolute atomic E-state index is 0.952. The van der Waals surface area contributed by atoms with Crippen molar-refractivity contribution < 1.29 is 0 Å². The quantitative estimate of drug-likeness (QED) is 0.589. The van der Waals surface area contributed by atoms with Crippen molar-refractivity contribution in [3.63, 3.8) is 0 Å². The van der Waals surface area contributed by atoms with Crippen LogP contribution in [0.4, 0.5) is 5.69 Å². The van der Waals surface area contributed by atoms with E-state index in [1.165, 1.54) is 18.7 Å². The van der Waals surface area contributed by atoms with E-state index in [0.29, 0.717) is 0 Å². The Balaban J connectivity index is 1.45. The van der Waals surface area contributed by atoms with Gasteiger partial charge in [-0.3, -0.25) is 10.4 Å². The third-order valence-electron chi connectivity index (χ3n) is 4.20. The fraction of sp³-hybridized carbons (Fsp3) is 0.211. The maximum Gasteiger partial charge on any atom is 0.109 e. The monoisotopic (exact) mass is 317 g/mol. The van der Waals surface area contributed by atoms with Crippen molar-refractivity contribution in [1.82, 2.24) is 14.5 Å². The SMILES string of the molecule is C(=NNc1ccc(-c2cn3c(n2)CCCC3)cc1)c1ccncc1. The van der Waals surface area contributed by atoms with Crippen molar-refractivity contribution in [3.05, 3.63) is 66.4 Å². The van der Waals surface area contributed by atoms with E-state index < -0.39 is 0 Å². The number of imidazole rings is 1. The van der Waals surface area contributed by atoms with Gasteiger partial charge in [-0.15, -0.1) is 0 Å². The van der Waals surface area contributed by atoms with Gasteiger partial charge in [0.25, 0.3) is 0 Å². The number of hydrazone groups is 1. The van der Waals surface area contributed by atoms with Crippen LogP contribution in [-0.4, -0.2) is 20.7 Å². The Bertz CT molecular complexity index is 810. The van der Waals surface area contributed by atoms with Gasteiger partial charge in [0.05, 0.1) is 17.6 Å². The van der Waals surface area contributed by atoms with Gasteiger partial charge < -0.3 is 4.57 Å². The molecule has 120 valence electrons. The molecule has 3 aromatic rings. The van der Waals surface area contributed by atoms with Gasteiger partial charge in [-0.1, -0.05) is 12.1 Å². The maximum absolute atomic E-state index is 4.76. The Kier molecular flexibility index (Phi) is 4.06. The summed E-state index contributed by atoms with van der Waals surface area (Å²) in [5.74, 6) is 1.21. The molecule has 4 rings (SSSR count). The summed E-state index contributed by atoms with van der Waals surface area (Å²) in [6, 6.07) is 12.0. The molecule has 3 heterocycles. The second kappa shape index (κ2) is 6.66. The van der Waals surface area contributed by atoms with Crippen LogP contribution in [0, 0.1) is 0 Å². The lowest BCUT2D eigenvalue weighted by Gasteiger charge is -2.11. The summed E-state index contributed by atoms with van der Waals surface area (Å²) in [5.41, 5.74) is 7.20. The number of aryl methyl sites for hydroxylation is 2. The van der Waals surface area contributed by atoms with Crippen molar-refractivity contribution in [2.75, 3.05) is 5.43 Å². The van der Waals surface area contributed by atoms with E-state index in [4.69, 9.17) is 4.98 Å². The molecule has 0 unspecified atom stereocenters. The molecule has 0 saturated carbocycles. The average molecular weight is 317 g/mol. The zero-order chi connectivity index (χ0) is 16.2. The second-order valence-corrected chi connectivity index (χ2v) is 5.92. The van der Waals surface area contributed by atoms with Crippen molar-refractivity contribution >= 4 is 11.9 Å². The third kappa shape index (κ3) is 3.20. The first kappa shape index (κ1) is 14.6. The summed E-state index contributed by atoms with van der Waals surface area (Å²) in [6.45, 7) is 1.09. The molecule has 1 N–H and O–H groups in total. The molecule has 0 amide bonds. The van der Waals surface area contributed by atoms with E-state index in [0.717, 1.165) is 35.5 Å². The van der Waals surface area contributed by atoms with Crippen LogP contribution in [0.2, 0.25) is 0 Å². The molecule has 2 aromatic heterocycles. The lowest BCUT2D eigenvalue weighted by molar-refractivity contribution is 0.522. The number of aromatic nitrogens is 3. The molecular formula is C19H19N5. The Morgan fingerprint density at radius 3 is 2.67 bits per heavy atom. The Hall–Kier alpha value is -2.95. The van der Waals surface area contributed by atoms with Gasteiger partial charge in [0.1, 0.15) is 5.82 Å². The number of nitrogens with zero attached hydrogens (tertiary/aromatic N) is 4. The first-order chi connectivity index (χ1) is 11.9. The second-order valence-electron chi connectivity index (χ2n) is 5.92. The molecule has 1 aromatic carbocycles. The Morgan fingerprint density at radius 2 is 1.88 bits per heavy atom. The van der Waals surface area contributed by atoms with Gasteiger partial charge in [-0.2, -0.15) is 5.10 Å². The van der Waals surface area contributed by atoms with Crippen molar-refractivity contribution in [2.45, 2.75) is 25.8 Å². The fourth-order valence-electron chi connectivity index (χ4n) is 2.90. The molecule has 0 fully saturated rings. The molecule has 5 nitrogen and oxygen atoms in total. The third-order valence-corrected chi connectivity index (χ3v) is 4.20. The summed E-state index contributed by atoms with van der Waals surface area (Å²) >= 11 is 0. The number of fused-ring (bicyclic) bond motifs is 1. The first-order valence-electron chi connectivity index (χ1n) is 8.24. The summed E-state index contributed by atoms with van der Waals surface area (Å²) in [7, 11) is 0. The Morgan fingerprint density at radius 1 is 1.04 bits per heavy atom. The van der Waals surface area contributed by atoms with E-state index in [1.54, 1.807) is 18.6 Å². The van der Waals surface area contributed by atoms with Gasteiger partial charge in [-0.05, 0) is 42.7 Å². The van der Waals surface area contributed by atoms with E-state index in [2.05, 4.69) is 38.4 Å². The fourth-order valence-corrected chi connectivity index (χ4v) is 2.90. The summed E-state index contributed by atoms with van der Waals surface area (Å²) in [4.78, 5) is 8.74. The molecule has 0 radical (unpaired) electrons. The molecule has 0 saturated heterocycles. The van der Waals surface area contributed by atoms with Crippen molar-refractivity contribution in [1.29, 1.82) is 0 Å². The normalized spacial score (nSPS) is 13.8. The molecule has 0 aliphatic carbocycles. The highest BCUT2D eigenvalue weighted by Gasteiger charge is 2.12. The number of pyridine rings is 1. The average Bonchev–Trinajstić information content (AvgIpc) is 3.07. The minimum atomic E-state index is 0.952. The highest BCUT2D eigenvalue weighted by atomic mass is 15.3. The van der Waals surface area contributed by atoms with Crippen molar-refractivity contribution in [3.8, 4) is 11.3 Å². The van der Waals surface area contributed by atoms with Crippen LogP contribution in [0.15, 0.2) is 60.1 Å². The van der Waals surface area contributed by atoms with Gasteiger partial charge in [-0.25, -0.2) is 4.98 Å². The number of benzene rings is 1. The topological polar surface area (TPSA) is 55.1 Å². The van der Waals surface area contributed by atoms with Crippen LogP contribution in [0.25, 0.3) is 11.3 Å². The van der Waals surface area contributed by atoms with Gasteiger partial charge in [0, 0.05) is 37.1 Å². The standard InChI is InChI=1S/C19H19N5/c1-2-12-24-14-18(22-19(24)3-1)16-4-6-17(7-5-16)23-21-13-15-8-10-20-11-9-15/h4-11,13-14,23H,1-3,12H2. The lowest BCUT2D eigenvalue weighted by Crippen LogP contribution is -2.08. The van der Waals surface area contributed by atoms with Gasteiger partial charge in [0.2, 0.25) is 0 Å². The largest absolute Gasteiger partial charge is 0.334 e. The molecule has 0 bridgehead atoms. The molecule has 24 heavy (non-hydrogen) atoms. The van der Waals surface area contributed by atoms with Crippen LogP contribution >= 0.6 is 0 Å². The van der Waals surface area contributed by atoms with Crippen LogP contribution in [0.5, 0.6) is 0 Å². The summed E-state index contributed by atoms with van der Waals surface area (Å²) < 4.78 is 2.28. The number of nitrogens with one attached hydrogen (secondary N) is 1. The van der Waals surface area contributed by atoms with Crippen LogP contribution in [-0.2, 0) is 13.0 Å². The predicted octanol–water partition coefficient (Wildman–Crippen LogP) is 3.73. The maximum atomic E-state index is 4.76. The van der Waals surface area contributed by atoms with Crippen LogP contribution < -0.4 is 5.43 Å². The number of anilines is 1. The van der Waals surface area contributed by atoms with E-state index in [-0.39, 0.29) is 0 Å². The molecule has 0 spiro atoms.